The van der Waals surface area contributed by atoms with Crippen LogP contribution >= 0.6 is 34.8 Å². The summed E-state index contributed by atoms with van der Waals surface area (Å²) in [5, 5.41) is 8.41. The van der Waals surface area contributed by atoms with Crippen molar-refractivity contribution < 1.29 is 9.47 Å². The number of piperidine rings is 1. The van der Waals surface area contributed by atoms with Crippen molar-refractivity contribution in [1.82, 2.24) is 5.32 Å². The zero-order valence-electron chi connectivity index (χ0n) is 16.9. The molecule has 0 saturated carbocycles. The first kappa shape index (κ1) is 21.6. The number of hydrogen-bond donors (Lipinski definition) is 2. The summed E-state index contributed by atoms with van der Waals surface area (Å²) in [7, 11) is 3.20. The molecule has 1 saturated heterocycles. The van der Waals surface area contributed by atoms with Crippen molar-refractivity contribution in [2.45, 2.75) is 25.8 Å². The molecule has 0 aromatic heterocycles. The molecule has 30 heavy (non-hydrogen) atoms. The van der Waals surface area contributed by atoms with Gasteiger partial charge in [0.2, 0.25) is 0 Å². The van der Waals surface area contributed by atoms with E-state index in [4.69, 9.17) is 49.3 Å². The molecule has 4 rings (SSSR count). The highest BCUT2D eigenvalue weighted by molar-refractivity contribution is 6.44. The van der Waals surface area contributed by atoms with E-state index in [2.05, 4.69) is 10.6 Å². The van der Waals surface area contributed by atoms with Gasteiger partial charge in [0.15, 0.2) is 5.75 Å². The minimum absolute atomic E-state index is 0.133. The topological polar surface area (TPSA) is 54.9 Å². The Hall–Kier alpha value is -1.66. The smallest absolute Gasteiger partial charge is 0.162 e. The van der Waals surface area contributed by atoms with E-state index in [0.717, 1.165) is 55.0 Å². The number of benzene rings is 2. The van der Waals surface area contributed by atoms with Crippen LogP contribution in [0.2, 0.25) is 15.1 Å². The van der Waals surface area contributed by atoms with Crippen LogP contribution in [0.4, 0.5) is 5.69 Å². The van der Waals surface area contributed by atoms with Crippen LogP contribution in [-0.4, -0.2) is 33.1 Å². The number of amidine groups is 1. The lowest BCUT2D eigenvalue weighted by molar-refractivity contribution is 0.287. The molecule has 2 N–H and O–H groups in total. The Labute approximate surface area is 191 Å². The van der Waals surface area contributed by atoms with Gasteiger partial charge in [-0.05, 0) is 50.0 Å². The maximum Gasteiger partial charge on any atom is 0.162 e. The van der Waals surface area contributed by atoms with E-state index in [1.807, 2.05) is 24.3 Å². The predicted molar refractivity (Wildman–Crippen MR) is 124 cm³/mol. The van der Waals surface area contributed by atoms with Crippen LogP contribution in [-0.2, 0) is 13.0 Å². The largest absolute Gasteiger partial charge is 0.495 e. The lowest BCUT2D eigenvalue weighted by atomic mass is 9.70. The first-order chi connectivity index (χ1) is 14.5. The van der Waals surface area contributed by atoms with Crippen molar-refractivity contribution in [2.75, 3.05) is 32.6 Å². The summed E-state index contributed by atoms with van der Waals surface area (Å²) in [5.74, 6) is 2.05. The van der Waals surface area contributed by atoms with E-state index in [9.17, 15) is 0 Å². The molecule has 0 atom stereocenters. The van der Waals surface area contributed by atoms with Crippen LogP contribution in [0, 0.1) is 5.41 Å². The number of nitrogens with zero attached hydrogens (tertiary/aromatic N) is 1. The Kier molecular flexibility index (Phi) is 6.35. The maximum absolute atomic E-state index is 6.51. The number of fused-ring (bicyclic) bond motifs is 1. The summed E-state index contributed by atoms with van der Waals surface area (Å²) in [6.07, 6.45) is 2.67. The van der Waals surface area contributed by atoms with E-state index < -0.39 is 0 Å². The molecule has 160 valence electrons. The standard InChI is InChI=1S/C22H24Cl3N3O2/c1-29-19-15-11-22(6-8-26-9-7-22)21(27-12-13-4-3-5-14(23)10-13)28-18(15)20(30-2)17(25)16(19)24/h3-5,10,26H,6-9,11-12H2,1-2H3,(H,27,28). The summed E-state index contributed by atoms with van der Waals surface area (Å²) in [4.78, 5) is 5.00. The SMILES string of the molecule is COc1c(Cl)c(Cl)c(OC)c2c1CC1(CCNCC1)C(=NCc1cccc(Cl)c1)N2. The first-order valence-corrected chi connectivity index (χ1v) is 11.0. The van der Waals surface area contributed by atoms with Gasteiger partial charge in [-0.3, -0.25) is 4.99 Å². The van der Waals surface area contributed by atoms with E-state index in [1.165, 1.54) is 0 Å². The van der Waals surface area contributed by atoms with Crippen LogP contribution in [0.1, 0.15) is 24.0 Å². The fraction of sp³-hybridized carbons (Fsp3) is 0.409. The van der Waals surface area contributed by atoms with E-state index >= 15 is 0 Å². The number of aliphatic imine (C=N–C) groups is 1. The average molecular weight is 469 g/mol. The van der Waals surface area contributed by atoms with Gasteiger partial charge in [0.05, 0.1) is 26.5 Å². The van der Waals surface area contributed by atoms with Crippen LogP contribution in [0.3, 0.4) is 0 Å². The second kappa shape index (κ2) is 8.83. The average Bonchev–Trinajstić information content (AvgIpc) is 2.75. The Morgan fingerprint density at radius 3 is 2.40 bits per heavy atom. The summed E-state index contributed by atoms with van der Waals surface area (Å²) in [6.45, 7) is 2.39. The highest BCUT2D eigenvalue weighted by atomic mass is 35.5. The highest BCUT2D eigenvalue weighted by Crippen LogP contribution is 2.53. The van der Waals surface area contributed by atoms with Crippen LogP contribution in [0.15, 0.2) is 29.3 Å². The van der Waals surface area contributed by atoms with E-state index in [-0.39, 0.29) is 5.41 Å². The lowest BCUT2D eigenvalue weighted by Crippen LogP contribution is -2.49. The van der Waals surface area contributed by atoms with Gasteiger partial charge in [-0.1, -0.05) is 46.9 Å². The second-order valence-electron chi connectivity index (χ2n) is 7.67. The van der Waals surface area contributed by atoms with Gasteiger partial charge < -0.3 is 20.1 Å². The van der Waals surface area contributed by atoms with Crippen molar-refractivity contribution in [3.05, 3.63) is 50.5 Å². The van der Waals surface area contributed by atoms with Gasteiger partial charge in [0.25, 0.3) is 0 Å². The third-order valence-electron chi connectivity index (χ3n) is 5.93. The number of nitrogens with one attached hydrogen (secondary N) is 2. The van der Waals surface area contributed by atoms with Gasteiger partial charge in [-0.25, -0.2) is 0 Å². The number of anilines is 1. The Balaban J connectivity index is 1.81. The molecule has 0 aliphatic carbocycles. The number of ether oxygens (including phenoxy) is 2. The van der Waals surface area contributed by atoms with E-state index in [0.29, 0.717) is 33.1 Å². The Bertz CT molecular complexity index is 988. The minimum Gasteiger partial charge on any atom is -0.495 e. The first-order valence-electron chi connectivity index (χ1n) is 9.88. The monoisotopic (exact) mass is 467 g/mol. The van der Waals surface area contributed by atoms with Crippen molar-refractivity contribution in [3.63, 3.8) is 0 Å². The van der Waals surface area contributed by atoms with Crippen LogP contribution < -0.4 is 20.1 Å². The molecular weight excluding hydrogens is 445 g/mol. The number of halogens is 3. The molecule has 0 amide bonds. The van der Waals surface area contributed by atoms with E-state index in [1.54, 1.807) is 14.2 Å². The van der Waals surface area contributed by atoms with Crippen molar-refractivity contribution in [1.29, 1.82) is 0 Å². The van der Waals surface area contributed by atoms with Gasteiger partial charge in [-0.15, -0.1) is 0 Å². The number of hydrogen-bond acceptors (Lipinski definition) is 4. The second-order valence-corrected chi connectivity index (χ2v) is 8.87. The summed E-state index contributed by atoms with van der Waals surface area (Å²) in [6, 6.07) is 7.78. The Morgan fingerprint density at radius 2 is 1.73 bits per heavy atom. The molecule has 8 heteroatoms. The molecule has 1 spiro atoms. The summed E-state index contributed by atoms with van der Waals surface area (Å²) < 4.78 is 11.3. The van der Waals surface area contributed by atoms with Gasteiger partial charge in [-0.2, -0.15) is 0 Å². The molecule has 2 aromatic rings. The molecule has 2 aromatic carbocycles. The summed E-state index contributed by atoms with van der Waals surface area (Å²) in [5.41, 5.74) is 2.68. The molecule has 2 aliphatic rings. The minimum atomic E-state index is -0.133. The van der Waals surface area contributed by atoms with Gasteiger partial charge >= 0.3 is 0 Å². The quantitative estimate of drug-likeness (QED) is 0.613. The van der Waals surface area contributed by atoms with Crippen LogP contribution in [0.25, 0.3) is 0 Å². The molecule has 0 radical (unpaired) electrons. The summed E-state index contributed by atoms with van der Waals surface area (Å²) >= 11 is 19.2. The fourth-order valence-electron chi connectivity index (χ4n) is 4.40. The van der Waals surface area contributed by atoms with Crippen molar-refractivity contribution in [3.8, 4) is 11.5 Å². The fourth-order valence-corrected chi connectivity index (χ4v) is 5.15. The zero-order chi connectivity index (χ0) is 21.3. The molecule has 0 unspecified atom stereocenters. The van der Waals surface area contributed by atoms with Gasteiger partial charge in [0, 0.05) is 16.0 Å². The normalized spacial score (nSPS) is 18.8. The molecule has 2 aliphatic heterocycles. The Morgan fingerprint density at radius 1 is 1.03 bits per heavy atom. The zero-order valence-corrected chi connectivity index (χ0v) is 19.2. The molecule has 5 nitrogen and oxygen atoms in total. The predicted octanol–water partition coefficient (Wildman–Crippen LogP) is 5.60. The third-order valence-corrected chi connectivity index (χ3v) is 6.99. The van der Waals surface area contributed by atoms with Crippen molar-refractivity contribution in [2.24, 2.45) is 10.4 Å². The van der Waals surface area contributed by atoms with Crippen molar-refractivity contribution >= 4 is 46.3 Å². The van der Waals surface area contributed by atoms with Crippen LogP contribution in [0.5, 0.6) is 11.5 Å². The number of rotatable bonds is 4. The lowest BCUT2D eigenvalue weighted by Gasteiger charge is -2.43. The molecule has 2 heterocycles. The highest BCUT2D eigenvalue weighted by Gasteiger charge is 2.44. The number of methoxy groups -OCH3 is 2. The molecular formula is C22H24Cl3N3O2. The third kappa shape index (κ3) is 3.84. The maximum atomic E-state index is 6.51. The van der Waals surface area contributed by atoms with Gasteiger partial charge in [0.1, 0.15) is 21.6 Å². The molecule has 0 bridgehead atoms. The molecule has 1 fully saturated rings.